The van der Waals surface area contributed by atoms with Gasteiger partial charge in [-0.2, -0.15) is 0 Å². The van der Waals surface area contributed by atoms with Crippen molar-refractivity contribution in [3.63, 3.8) is 0 Å². The Morgan fingerprint density at radius 1 is 0.931 bits per heavy atom. The Hall–Kier alpha value is -3.05. The van der Waals surface area contributed by atoms with Crippen molar-refractivity contribution in [2.75, 3.05) is 25.0 Å². The molecule has 3 aromatic carbocycles. The smallest absolute Gasteiger partial charge is 0.238 e. The number of Topliss-reactive ketones (excluding diaryl/α,β-unsaturated/α-hetero) is 1. The fourth-order valence-corrected chi connectivity index (χ4v) is 3.93. The van der Waals surface area contributed by atoms with Crippen molar-refractivity contribution in [2.24, 2.45) is 5.92 Å². The van der Waals surface area contributed by atoms with E-state index in [9.17, 15) is 14.0 Å². The van der Waals surface area contributed by atoms with Crippen molar-refractivity contribution in [3.05, 3.63) is 78.1 Å². The molecule has 4 rings (SSSR count). The van der Waals surface area contributed by atoms with Crippen LogP contribution in [-0.2, 0) is 4.79 Å². The van der Waals surface area contributed by atoms with Crippen LogP contribution in [0.3, 0.4) is 0 Å². The molecule has 0 saturated carbocycles. The first-order chi connectivity index (χ1) is 14.1. The average molecular weight is 390 g/mol. The van der Waals surface area contributed by atoms with Crippen LogP contribution in [-0.4, -0.2) is 36.2 Å². The Morgan fingerprint density at radius 3 is 2.38 bits per heavy atom. The van der Waals surface area contributed by atoms with E-state index in [1.165, 1.54) is 12.1 Å². The maximum absolute atomic E-state index is 13.1. The highest BCUT2D eigenvalue weighted by atomic mass is 19.1. The predicted molar refractivity (Wildman–Crippen MR) is 112 cm³/mol. The van der Waals surface area contributed by atoms with E-state index in [2.05, 4.69) is 10.2 Å². The Bertz CT molecular complexity index is 1020. The van der Waals surface area contributed by atoms with Gasteiger partial charge in [0, 0.05) is 22.6 Å². The van der Waals surface area contributed by atoms with Gasteiger partial charge < -0.3 is 5.32 Å². The number of carbonyl (C=O) groups excluding carboxylic acids is 2. The monoisotopic (exact) mass is 390 g/mol. The van der Waals surface area contributed by atoms with Gasteiger partial charge in [-0.05, 0) is 61.6 Å². The minimum absolute atomic E-state index is 0.0512. The highest BCUT2D eigenvalue weighted by Crippen LogP contribution is 2.24. The molecule has 0 radical (unpaired) electrons. The first kappa shape index (κ1) is 19.3. The number of ketones is 1. The fourth-order valence-electron chi connectivity index (χ4n) is 3.93. The summed E-state index contributed by atoms with van der Waals surface area (Å²) in [5.41, 5.74) is 1.37. The number of amides is 1. The molecule has 1 heterocycles. The highest BCUT2D eigenvalue weighted by Gasteiger charge is 2.26. The van der Waals surface area contributed by atoms with Gasteiger partial charge in [-0.3, -0.25) is 14.5 Å². The summed E-state index contributed by atoms with van der Waals surface area (Å²) in [5, 5.41) is 5.12. The number of rotatable bonds is 5. The van der Waals surface area contributed by atoms with Gasteiger partial charge in [0.05, 0.1) is 6.54 Å². The van der Waals surface area contributed by atoms with Gasteiger partial charge in [0.25, 0.3) is 0 Å². The Balaban J connectivity index is 1.32. The standard InChI is InChI=1S/C24H23FN2O2/c25-20-10-8-18(9-11-20)24(29)19-12-14-27(15-13-19)16-23(28)26-22-7-3-5-17-4-1-2-6-21(17)22/h1-11,19H,12-16H2,(H,26,28). The molecule has 1 fully saturated rings. The lowest BCUT2D eigenvalue weighted by Gasteiger charge is -2.30. The molecule has 1 aliphatic rings. The lowest BCUT2D eigenvalue weighted by atomic mass is 9.89. The largest absolute Gasteiger partial charge is 0.324 e. The molecule has 5 heteroatoms. The molecular formula is C24H23FN2O2. The molecule has 3 aromatic rings. The Labute approximate surface area is 169 Å². The van der Waals surface area contributed by atoms with Crippen molar-refractivity contribution in [1.29, 1.82) is 0 Å². The van der Waals surface area contributed by atoms with Gasteiger partial charge in [0.15, 0.2) is 5.78 Å². The van der Waals surface area contributed by atoms with E-state index >= 15 is 0 Å². The minimum atomic E-state index is -0.339. The molecular weight excluding hydrogens is 367 g/mol. The van der Waals surface area contributed by atoms with Crippen LogP contribution in [0.1, 0.15) is 23.2 Å². The van der Waals surface area contributed by atoms with Crippen LogP contribution < -0.4 is 5.32 Å². The molecule has 29 heavy (non-hydrogen) atoms. The van der Waals surface area contributed by atoms with Gasteiger partial charge in [0.2, 0.25) is 5.91 Å². The van der Waals surface area contributed by atoms with Crippen molar-refractivity contribution in [1.82, 2.24) is 4.90 Å². The second-order valence-electron chi connectivity index (χ2n) is 7.50. The molecule has 1 amide bonds. The zero-order valence-corrected chi connectivity index (χ0v) is 16.1. The zero-order valence-electron chi connectivity index (χ0n) is 16.1. The first-order valence-corrected chi connectivity index (χ1v) is 9.90. The van der Waals surface area contributed by atoms with Crippen LogP contribution in [0.25, 0.3) is 10.8 Å². The van der Waals surface area contributed by atoms with E-state index in [4.69, 9.17) is 0 Å². The van der Waals surface area contributed by atoms with Crippen LogP contribution in [0.5, 0.6) is 0 Å². The summed E-state index contributed by atoms with van der Waals surface area (Å²) in [5.74, 6) is -0.402. The van der Waals surface area contributed by atoms with E-state index in [0.717, 1.165) is 16.5 Å². The van der Waals surface area contributed by atoms with Crippen molar-refractivity contribution < 1.29 is 14.0 Å². The van der Waals surface area contributed by atoms with Crippen LogP contribution >= 0.6 is 0 Å². The van der Waals surface area contributed by atoms with Gasteiger partial charge in [-0.15, -0.1) is 0 Å². The number of hydrogen-bond acceptors (Lipinski definition) is 3. The third-order valence-corrected chi connectivity index (χ3v) is 5.52. The number of likely N-dealkylation sites (tertiary alicyclic amines) is 1. The number of benzene rings is 3. The summed E-state index contributed by atoms with van der Waals surface area (Å²) in [6.07, 6.45) is 1.41. The van der Waals surface area contributed by atoms with Crippen LogP contribution in [0.15, 0.2) is 66.7 Å². The molecule has 0 atom stereocenters. The fraction of sp³-hybridized carbons (Fsp3) is 0.250. The summed E-state index contributed by atoms with van der Waals surface area (Å²) in [6, 6.07) is 19.5. The molecule has 4 nitrogen and oxygen atoms in total. The summed E-state index contributed by atoms with van der Waals surface area (Å²) < 4.78 is 13.1. The third kappa shape index (κ3) is 4.51. The van der Waals surface area contributed by atoms with E-state index in [1.54, 1.807) is 12.1 Å². The van der Waals surface area contributed by atoms with Crippen LogP contribution in [0.4, 0.5) is 10.1 Å². The summed E-state index contributed by atoms with van der Waals surface area (Å²) in [4.78, 5) is 27.2. The Kier molecular flexibility index (Phi) is 5.67. The SMILES string of the molecule is O=C(CN1CCC(C(=O)c2ccc(F)cc2)CC1)Nc1cccc2ccccc12. The molecule has 0 aromatic heterocycles. The lowest BCUT2D eigenvalue weighted by Crippen LogP contribution is -2.40. The molecule has 1 saturated heterocycles. The molecule has 148 valence electrons. The van der Waals surface area contributed by atoms with Gasteiger partial charge in [0.1, 0.15) is 5.82 Å². The van der Waals surface area contributed by atoms with Crippen molar-refractivity contribution >= 4 is 28.2 Å². The summed E-state index contributed by atoms with van der Waals surface area (Å²) >= 11 is 0. The Morgan fingerprint density at radius 2 is 1.62 bits per heavy atom. The van der Waals surface area contributed by atoms with Crippen molar-refractivity contribution in [2.45, 2.75) is 12.8 Å². The summed E-state index contributed by atoms with van der Waals surface area (Å²) in [7, 11) is 0. The topological polar surface area (TPSA) is 49.4 Å². The number of hydrogen-bond donors (Lipinski definition) is 1. The van der Waals surface area contributed by atoms with E-state index in [1.807, 2.05) is 42.5 Å². The number of nitrogens with zero attached hydrogens (tertiary/aromatic N) is 1. The normalized spacial score (nSPS) is 15.3. The molecule has 1 aliphatic heterocycles. The average Bonchev–Trinajstić information content (AvgIpc) is 2.74. The van der Waals surface area contributed by atoms with E-state index < -0.39 is 0 Å². The quantitative estimate of drug-likeness (QED) is 0.652. The van der Waals surface area contributed by atoms with Gasteiger partial charge in [-0.25, -0.2) is 4.39 Å². The zero-order chi connectivity index (χ0) is 20.2. The number of anilines is 1. The molecule has 0 bridgehead atoms. The molecule has 1 N–H and O–H groups in total. The minimum Gasteiger partial charge on any atom is -0.324 e. The van der Waals surface area contributed by atoms with Crippen LogP contribution in [0, 0.1) is 11.7 Å². The van der Waals surface area contributed by atoms with E-state index in [0.29, 0.717) is 38.0 Å². The van der Waals surface area contributed by atoms with Gasteiger partial charge in [-0.1, -0.05) is 36.4 Å². The van der Waals surface area contributed by atoms with Gasteiger partial charge >= 0.3 is 0 Å². The molecule has 0 unspecified atom stereocenters. The number of piperidine rings is 1. The predicted octanol–water partition coefficient (Wildman–Crippen LogP) is 4.51. The number of nitrogens with one attached hydrogen (secondary N) is 1. The van der Waals surface area contributed by atoms with E-state index in [-0.39, 0.29) is 23.4 Å². The lowest BCUT2D eigenvalue weighted by molar-refractivity contribution is -0.117. The number of fused-ring (bicyclic) bond motifs is 1. The second-order valence-corrected chi connectivity index (χ2v) is 7.50. The third-order valence-electron chi connectivity index (χ3n) is 5.52. The summed E-state index contributed by atoms with van der Waals surface area (Å²) in [6.45, 7) is 1.70. The molecule has 0 aliphatic carbocycles. The molecule has 0 spiro atoms. The van der Waals surface area contributed by atoms with Crippen LogP contribution in [0.2, 0.25) is 0 Å². The first-order valence-electron chi connectivity index (χ1n) is 9.90. The maximum atomic E-state index is 13.1. The number of carbonyl (C=O) groups is 2. The highest BCUT2D eigenvalue weighted by molar-refractivity contribution is 6.02. The maximum Gasteiger partial charge on any atom is 0.238 e. The number of halogens is 1. The second kappa shape index (κ2) is 8.53. The van der Waals surface area contributed by atoms with Crippen molar-refractivity contribution in [3.8, 4) is 0 Å².